The lowest BCUT2D eigenvalue weighted by molar-refractivity contribution is -0.160. The van der Waals surface area contributed by atoms with Crippen molar-refractivity contribution in [1.82, 2.24) is 0 Å². The molecular weight excluding hydrogens is 921 g/mol. The number of carboxylic acid groups (broad SMARTS) is 4. The molecule has 24 aromatic carbocycles. The third-order valence-corrected chi connectivity index (χ3v) is 27.5. The number of carboxylic acids is 4. The lowest BCUT2D eigenvalue weighted by atomic mass is 9.67. The Morgan fingerprint density at radius 3 is 0.351 bits per heavy atom. The molecule has 8 nitrogen and oxygen atoms in total. The van der Waals surface area contributed by atoms with E-state index in [1.807, 2.05) is 0 Å². The molecule has 0 heterocycles. The molecule has 0 aliphatic heterocycles. The zero-order chi connectivity index (χ0) is 45.6. The van der Waals surface area contributed by atoms with E-state index in [2.05, 4.69) is 0 Å². The van der Waals surface area contributed by atoms with Gasteiger partial charge in [-0.2, -0.15) is 0 Å². The summed E-state index contributed by atoms with van der Waals surface area (Å²) in [6.45, 7) is 0. The standard InChI is InChI=1S/C66H4O8/c67-57(68)65(58(69)70)61-49-33-21-9-1-2-6-4-8-16-23(11(4)9)35(33)51(61)42-30(16)20-28-18(8)26-14(6)22-10(2)12-3-5(1)13(21)25-17-7(3)15-24(12)36-34(22)50-38(26)40(28)54-46-32(20)44(42)55-47-45-31-19(27(17)39(37(25)49)53(45)63(55,61)65)29(15)41-43(31)56(48(46)47)64(54)62(50,52(36)41)66(64,59(71)72)60(73)74/h(H,67,68)(H,69,70)(H,71,72)(H,73,74). The van der Waals surface area contributed by atoms with Gasteiger partial charge in [-0.15, -0.1) is 0 Å². The number of hydrogen-bond acceptors (Lipinski definition) is 4. The first kappa shape index (κ1) is 28.0. The van der Waals surface area contributed by atoms with Gasteiger partial charge in [0.1, 0.15) is 0 Å². The van der Waals surface area contributed by atoms with Gasteiger partial charge in [0.2, 0.25) is 0 Å². The van der Waals surface area contributed by atoms with E-state index in [4.69, 9.17) is 0 Å². The van der Waals surface area contributed by atoms with E-state index in [9.17, 15) is 20.4 Å². The van der Waals surface area contributed by atoms with E-state index in [1.165, 1.54) is 129 Å². The first-order valence-electron chi connectivity index (χ1n) is 26.2. The van der Waals surface area contributed by atoms with Crippen LogP contribution in [-0.4, -0.2) is 44.3 Å². The monoisotopic (exact) mass is 924 g/mol. The SMILES string of the molecule is O=C(O)C1(C(=O)O)C23c4c5c6c7c8c9c%10c%11c%12c%13c%14c%15c(c6c6c4c4c%16c%17c%18c(c%19c%20c2c5c8c2c%20c5c%19c8c%18c%18c%19c%17c%17c4c6c%15c4c%14c6c%12c%12c%14c%11c(c92)c5c%14c8c%18c%12c6c%19c4%17)C%1613)C71C(C(=O)O)(C(=O)O)C%10%131. The molecule has 34 rings (SSSR count). The molecular formula is C66H4O8. The molecule has 24 aromatic rings. The molecule has 316 valence electrons. The van der Waals surface area contributed by atoms with Crippen molar-refractivity contribution in [3.63, 3.8) is 0 Å². The summed E-state index contributed by atoms with van der Waals surface area (Å²) in [5.41, 5.74) is -3.58. The zero-order valence-corrected chi connectivity index (χ0v) is 36.4. The number of carbonyl (C=O) groups is 4. The van der Waals surface area contributed by atoms with Crippen LogP contribution in [0.3, 0.4) is 0 Å². The molecule has 0 saturated heterocycles. The molecule has 10 aliphatic rings. The van der Waals surface area contributed by atoms with Crippen LogP contribution in [0.2, 0.25) is 0 Å². The van der Waals surface area contributed by atoms with Crippen LogP contribution >= 0.6 is 0 Å². The van der Waals surface area contributed by atoms with Gasteiger partial charge >= 0.3 is 23.9 Å². The minimum absolute atomic E-state index is 0.828. The van der Waals surface area contributed by atoms with Crippen LogP contribution in [0.4, 0.5) is 0 Å². The second kappa shape index (κ2) is 5.84. The highest BCUT2D eigenvalue weighted by atomic mass is 16.4. The topological polar surface area (TPSA) is 149 Å². The molecule has 4 unspecified atom stereocenters. The Balaban J connectivity index is 1.18. The van der Waals surface area contributed by atoms with Gasteiger partial charge in [-0.1, -0.05) is 0 Å². The number of hydrogen-bond donors (Lipinski definition) is 4. The van der Waals surface area contributed by atoms with Gasteiger partial charge in [-0.3, -0.25) is 19.2 Å². The van der Waals surface area contributed by atoms with Gasteiger partial charge in [-0.05, 0) is 303 Å². The van der Waals surface area contributed by atoms with Gasteiger partial charge in [0.25, 0.3) is 0 Å². The average molecular weight is 925 g/mol. The molecule has 4 N–H and O–H groups in total. The summed E-state index contributed by atoms with van der Waals surface area (Å²) < 4.78 is 0. The number of rotatable bonds is 4. The zero-order valence-electron chi connectivity index (χ0n) is 36.4. The van der Waals surface area contributed by atoms with Crippen LogP contribution < -0.4 is 0 Å². The summed E-state index contributed by atoms with van der Waals surface area (Å²) in [5, 5.41) is 106. The molecule has 0 bridgehead atoms. The van der Waals surface area contributed by atoms with Gasteiger partial charge in [0, 0.05) is 0 Å². The molecule has 0 radical (unpaired) electrons. The highest BCUT2D eigenvalue weighted by Crippen LogP contribution is 3.00. The van der Waals surface area contributed by atoms with Crippen molar-refractivity contribution in [3.8, 4) is 0 Å². The summed E-state index contributed by atoms with van der Waals surface area (Å²) in [6, 6.07) is 0. The normalized spacial score (nSPS) is 27.8. The van der Waals surface area contributed by atoms with Gasteiger partial charge in [-0.25, -0.2) is 0 Å². The molecule has 10 aliphatic carbocycles. The molecule has 0 amide bonds. The van der Waals surface area contributed by atoms with Crippen molar-refractivity contribution in [2.75, 3.05) is 0 Å². The van der Waals surface area contributed by atoms with Crippen molar-refractivity contribution in [3.05, 3.63) is 44.5 Å². The summed E-state index contributed by atoms with van der Waals surface area (Å²) in [5.74, 6) is -5.20. The van der Waals surface area contributed by atoms with Crippen molar-refractivity contribution in [1.29, 1.82) is 0 Å². The van der Waals surface area contributed by atoms with Crippen LogP contribution in [0.15, 0.2) is 0 Å². The van der Waals surface area contributed by atoms with Crippen molar-refractivity contribution >= 4 is 282 Å². The predicted molar refractivity (Wildman–Crippen MR) is 282 cm³/mol. The molecule has 2 saturated carbocycles. The highest BCUT2D eigenvalue weighted by Gasteiger charge is 3.03. The predicted octanol–water partition coefficient (Wildman–Crippen LogP) is 13.2. The Kier molecular flexibility index (Phi) is 2.21. The minimum Gasteiger partial charge on any atom is -0.480 e. The Morgan fingerprint density at radius 1 is 0.162 bits per heavy atom. The molecule has 4 atom stereocenters. The van der Waals surface area contributed by atoms with Crippen molar-refractivity contribution in [2.45, 2.75) is 21.7 Å². The molecule has 8 heteroatoms. The lowest BCUT2D eigenvalue weighted by Crippen LogP contribution is -2.35. The first-order chi connectivity index (χ1) is 36.2. The van der Waals surface area contributed by atoms with Crippen LogP contribution in [0, 0.1) is 10.8 Å². The first-order valence-corrected chi connectivity index (χ1v) is 26.2. The number of benzene rings is 16. The van der Waals surface area contributed by atoms with Gasteiger partial charge in [0.15, 0.2) is 10.8 Å². The van der Waals surface area contributed by atoms with Crippen LogP contribution in [0.25, 0.3) is 259 Å². The fourth-order valence-electron chi connectivity index (χ4n) is 28.1. The molecule has 2 fully saturated rings. The third-order valence-electron chi connectivity index (χ3n) is 27.5. The highest BCUT2D eigenvalue weighted by molar-refractivity contribution is 6.79. The quantitative estimate of drug-likeness (QED) is 0.101. The fourth-order valence-corrected chi connectivity index (χ4v) is 28.1. The van der Waals surface area contributed by atoms with E-state index < -0.39 is 56.4 Å². The average Bonchev–Trinajstić information content (AvgIpc) is 1.49. The van der Waals surface area contributed by atoms with E-state index in [-0.39, 0.29) is 0 Å². The largest absolute Gasteiger partial charge is 0.480 e. The van der Waals surface area contributed by atoms with Crippen LogP contribution in [-0.2, 0) is 40.8 Å². The smallest absolute Gasteiger partial charge is 0.323 e. The Morgan fingerprint density at radius 2 is 0.243 bits per heavy atom. The summed E-state index contributed by atoms with van der Waals surface area (Å²) in [4.78, 5) is 62.4. The van der Waals surface area contributed by atoms with E-state index in [1.54, 1.807) is 0 Å². The Bertz CT molecular complexity index is 7220. The summed E-state index contributed by atoms with van der Waals surface area (Å²) >= 11 is 0. The van der Waals surface area contributed by atoms with Crippen LogP contribution in [0.1, 0.15) is 44.5 Å². The Labute approximate surface area is 397 Å². The molecule has 4 spiro atoms. The minimum atomic E-state index is -2.33. The maximum absolute atomic E-state index is 15.6. The van der Waals surface area contributed by atoms with E-state index >= 15 is 19.2 Å². The van der Waals surface area contributed by atoms with Crippen LogP contribution in [0.5, 0.6) is 0 Å². The maximum Gasteiger partial charge on any atom is 0.323 e. The summed E-state index contributed by atoms with van der Waals surface area (Å²) in [7, 11) is 0. The molecule has 74 heavy (non-hydrogen) atoms. The second-order valence-electron chi connectivity index (χ2n) is 26.7. The molecule has 0 aromatic heterocycles. The van der Waals surface area contributed by atoms with Crippen molar-refractivity contribution in [2.24, 2.45) is 10.8 Å². The van der Waals surface area contributed by atoms with Crippen molar-refractivity contribution < 1.29 is 39.6 Å². The van der Waals surface area contributed by atoms with Gasteiger partial charge in [0.05, 0.1) is 21.7 Å². The van der Waals surface area contributed by atoms with E-state index in [0.717, 1.165) is 174 Å². The fraction of sp³-hybridized carbons (Fsp3) is 0.0909. The van der Waals surface area contributed by atoms with Gasteiger partial charge < -0.3 is 20.4 Å². The third kappa shape index (κ3) is 1.27. The number of aliphatic carboxylic acids is 4. The Hall–Kier alpha value is -9.40. The second-order valence-corrected chi connectivity index (χ2v) is 26.7. The lowest BCUT2D eigenvalue weighted by Gasteiger charge is -2.32. The maximum atomic E-state index is 15.6. The summed E-state index contributed by atoms with van der Waals surface area (Å²) in [6.07, 6.45) is 0. The van der Waals surface area contributed by atoms with E-state index in [0.29, 0.717) is 0 Å².